The number of rotatable bonds is 4. The van der Waals surface area contributed by atoms with E-state index >= 15 is 0 Å². The molecule has 7 heteroatoms. The van der Waals surface area contributed by atoms with Crippen molar-refractivity contribution in [3.05, 3.63) is 28.0 Å². The first-order valence-corrected chi connectivity index (χ1v) is 9.60. The van der Waals surface area contributed by atoms with Gasteiger partial charge in [0.05, 0.1) is 19.8 Å². The molecule has 25 heavy (non-hydrogen) atoms. The molecule has 6 nitrogen and oxygen atoms in total. The van der Waals surface area contributed by atoms with Gasteiger partial charge >= 0.3 is 0 Å². The monoisotopic (exact) mass is 363 g/mol. The van der Waals surface area contributed by atoms with Gasteiger partial charge in [0.25, 0.3) is 0 Å². The second kappa shape index (κ2) is 8.60. The Labute approximate surface area is 152 Å². The third kappa shape index (κ3) is 4.90. The molecule has 136 valence electrons. The van der Waals surface area contributed by atoms with Gasteiger partial charge in [-0.2, -0.15) is 0 Å². The highest BCUT2D eigenvalue weighted by Crippen LogP contribution is 2.17. The molecule has 3 rings (SSSR count). The molecule has 0 saturated carbocycles. The van der Waals surface area contributed by atoms with E-state index in [4.69, 9.17) is 4.74 Å². The van der Waals surface area contributed by atoms with Crippen LogP contribution in [0, 0.1) is 6.92 Å². The smallest absolute Gasteiger partial charge is 0.246 e. The molecule has 2 fully saturated rings. The van der Waals surface area contributed by atoms with E-state index in [1.807, 2.05) is 28.2 Å². The van der Waals surface area contributed by atoms with Gasteiger partial charge in [0.1, 0.15) is 0 Å². The first-order valence-electron chi connectivity index (χ1n) is 8.72. The fourth-order valence-electron chi connectivity index (χ4n) is 3.04. The quantitative estimate of drug-likeness (QED) is 0.751. The molecule has 2 amide bonds. The molecular formula is C18H25N3O3S. The normalized spacial score (nSPS) is 19.6. The highest BCUT2D eigenvalue weighted by atomic mass is 32.1. The maximum atomic E-state index is 12.3. The van der Waals surface area contributed by atoms with Crippen LogP contribution in [0.2, 0.25) is 0 Å². The van der Waals surface area contributed by atoms with E-state index in [9.17, 15) is 9.59 Å². The Kier molecular flexibility index (Phi) is 6.23. The first-order chi connectivity index (χ1) is 12.1. The lowest BCUT2D eigenvalue weighted by molar-refractivity contribution is -0.137. The topological polar surface area (TPSA) is 53.1 Å². The molecule has 3 heterocycles. The van der Waals surface area contributed by atoms with Crippen LogP contribution in [0.15, 0.2) is 17.5 Å². The summed E-state index contributed by atoms with van der Waals surface area (Å²) in [4.78, 5) is 31.6. The number of hydrogen-bond acceptors (Lipinski definition) is 5. The summed E-state index contributed by atoms with van der Waals surface area (Å²) in [5.41, 5.74) is 1.19. The Morgan fingerprint density at radius 3 is 2.48 bits per heavy atom. The summed E-state index contributed by atoms with van der Waals surface area (Å²) in [6.45, 7) is 7.94. The second-order valence-electron chi connectivity index (χ2n) is 6.40. The van der Waals surface area contributed by atoms with E-state index in [0.29, 0.717) is 45.9 Å². The maximum absolute atomic E-state index is 12.3. The molecule has 0 radical (unpaired) electrons. The maximum Gasteiger partial charge on any atom is 0.246 e. The molecule has 2 aliphatic rings. The minimum atomic E-state index is 0.0481. The van der Waals surface area contributed by atoms with E-state index in [1.165, 1.54) is 5.56 Å². The number of carbonyl (C=O) groups excluding carboxylic acids is 2. The Hall–Kier alpha value is -1.70. The number of carbonyl (C=O) groups is 2. The zero-order valence-electron chi connectivity index (χ0n) is 14.6. The lowest BCUT2D eigenvalue weighted by atomic mass is 10.2. The van der Waals surface area contributed by atoms with Crippen molar-refractivity contribution >= 4 is 29.2 Å². The number of hydrogen-bond donors (Lipinski definition) is 0. The van der Waals surface area contributed by atoms with Crippen molar-refractivity contribution < 1.29 is 14.3 Å². The summed E-state index contributed by atoms with van der Waals surface area (Å²) in [5.74, 6) is 0.211. The zero-order valence-corrected chi connectivity index (χ0v) is 15.5. The zero-order chi connectivity index (χ0) is 17.6. The van der Waals surface area contributed by atoms with Crippen LogP contribution in [-0.4, -0.2) is 85.5 Å². The Morgan fingerprint density at radius 2 is 1.84 bits per heavy atom. The lowest BCUT2D eigenvalue weighted by Gasteiger charge is -2.35. The number of nitrogens with zero attached hydrogens (tertiary/aromatic N) is 3. The van der Waals surface area contributed by atoms with Crippen molar-refractivity contribution in [2.45, 2.75) is 6.92 Å². The van der Waals surface area contributed by atoms with Crippen LogP contribution in [0.5, 0.6) is 0 Å². The van der Waals surface area contributed by atoms with Gasteiger partial charge in [0, 0.05) is 50.2 Å². The number of ether oxygens (including phenoxy) is 1. The molecule has 0 bridgehead atoms. The average Bonchev–Trinajstić information content (AvgIpc) is 3.06. The van der Waals surface area contributed by atoms with E-state index < -0.39 is 0 Å². The highest BCUT2D eigenvalue weighted by Gasteiger charge is 2.24. The first kappa shape index (κ1) is 18.1. The van der Waals surface area contributed by atoms with Crippen LogP contribution in [0.4, 0.5) is 0 Å². The Bertz CT molecular complexity index is 629. The summed E-state index contributed by atoms with van der Waals surface area (Å²) in [5, 5.41) is 2.03. The van der Waals surface area contributed by atoms with E-state index in [2.05, 4.69) is 11.0 Å². The predicted octanol–water partition coefficient (Wildman–Crippen LogP) is 1.07. The van der Waals surface area contributed by atoms with Gasteiger partial charge in [-0.25, -0.2) is 0 Å². The minimum Gasteiger partial charge on any atom is -0.378 e. The van der Waals surface area contributed by atoms with Gasteiger partial charge in [-0.3, -0.25) is 14.5 Å². The molecule has 1 aromatic heterocycles. The molecule has 2 aliphatic heterocycles. The minimum absolute atomic E-state index is 0.0481. The summed E-state index contributed by atoms with van der Waals surface area (Å²) in [7, 11) is 0. The van der Waals surface area contributed by atoms with Gasteiger partial charge in [-0.1, -0.05) is 0 Å². The molecule has 0 N–H and O–H groups in total. The van der Waals surface area contributed by atoms with E-state index in [0.717, 1.165) is 18.0 Å². The van der Waals surface area contributed by atoms with Gasteiger partial charge in [-0.05, 0) is 30.0 Å². The number of thiophene rings is 1. The number of amides is 2. The fraction of sp³-hybridized carbons (Fsp3) is 0.556. The number of morpholine rings is 1. The van der Waals surface area contributed by atoms with Crippen molar-refractivity contribution in [2.75, 3.05) is 59.0 Å². The highest BCUT2D eigenvalue weighted by molar-refractivity contribution is 7.11. The van der Waals surface area contributed by atoms with Gasteiger partial charge in [0.2, 0.25) is 11.8 Å². The SMILES string of the molecule is Cc1ccsc1C=CC(=O)N1CCN(CC(=O)N2CCOCC2)CC1. The van der Waals surface area contributed by atoms with Crippen molar-refractivity contribution in [1.29, 1.82) is 0 Å². The summed E-state index contributed by atoms with van der Waals surface area (Å²) < 4.78 is 5.28. The van der Waals surface area contributed by atoms with Crippen LogP contribution in [0.25, 0.3) is 6.08 Å². The Balaban J connectivity index is 1.43. The van der Waals surface area contributed by atoms with Gasteiger partial charge in [0.15, 0.2) is 0 Å². The molecular weight excluding hydrogens is 338 g/mol. The summed E-state index contributed by atoms with van der Waals surface area (Å²) in [6.07, 6.45) is 3.56. The Morgan fingerprint density at radius 1 is 1.12 bits per heavy atom. The predicted molar refractivity (Wildman–Crippen MR) is 98.5 cm³/mol. The molecule has 0 aliphatic carbocycles. The third-order valence-corrected chi connectivity index (χ3v) is 5.67. The fourth-order valence-corrected chi connectivity index (χ4v) is 3.86. The third-order valence-electron chi connectivity index (χ3n) is 4.69. The van der Waals surface area contributed by atoms with E-state index in [-0.39, 0.29) is 11.8 Å². The second-order valence-corrected chi connectivity index (χ2v) is 7.34. The standard InChI is InChI=1S/C18H25N3O3S/c1-15-4-13-25-16(15)2-3-17(22)20-7-5-19(6-8-20)14-18(23)21-9-11-24-12-10-21/h2-4,13H,5-12,14H2,1H3. The van der Waals surface area contributed by atoms with Gasteiger partial charge in [-0.15, -0.1) is 11.3 Å². The average molecular weight is 363 g/mol. The van der Waals surface area contributed by atoms with Crippen molar-refractivity contribution in [2.24, 2.45) is 0 Å². The van der Waals surface area contributed by atoms with Crippen molar-refractivity contribution in [1.82, 2.24) is 14.7 Å². The van der Waals surface area contributed by atoms with Crippen molar-refractivity contribution in [3.63, 3.8) is 0 Å². The molecule has 0 spiro atoms. The largest absolute Gasteiger partial charge is 0.378 e. The molecule has 1 aromatic rings. The summed E-state index contributed by atoms with van der Waals surface area (Å²) >= 11 is 1.64. The van der Waals surface area contributed by atoms with Gasteiger partial charge < -0.3 is 14.5 Å². The van der Waals surface area contributed by atoms with Crippen LogP contribution in [0.3, 0.4) is 0 Å². The molecule has 0 atom stereocenters. The lowest BCUT2D eigenvalue weighted by Crippen LogP contribution is -2.52. The van der Waals surface area contributed by atoms with Crippen LogP contribution in [0.1, 0.15) is 10.4 Å². The molecule has 0 unspecified atom stereocenters. The van der Waals surface area contributed by atoms with Crippen molar-refractivity contribution in [3.8, 4) is 0 Å². The van der Waals surface area contributed by atoms with Crippen LogP contribution >= 0.6 is 11.3 Å². The van der Waals surface area contributed by atoms with Crippen LogP contribution < -0.4 is 0 Å². The molecule has 0 aromatic carbocycles. The number of piperazine rings is 1. The van der Waals surface area contributed by atoms with Crippen LogP contribution in [-0.2, 0) is 14.3 Å². The number of aryl methyl sites for hydroxylation is 1. The molecule has 2 saturated heterocycles. The summed E-state index contributed by atoms with van der Waals surface area (Å²) in [6, 6.07) is 2.05. The van der Waals surface area contributed by atoms with E-state index in [1.54, 1.807) is 17.4 Å².